The minimum Gasteiger partial charge on any atom is -0.496 e. The maximum atomic E-state index is 12.4. The normalized spacial score (nSPS) is 10.0. The lowest BCUT2D eigenvalue weighted by molar-refractivity contribution is 0.0949. The van der Waals surface area contributed by atoms with Gasteiger partial charge in [-0.05, 0) is 36.4 Å². The summed E-state index contributed by atoms with van der Waals surface area (Å²) >= 11 is 5.92. The lowest BCUT2D eigenvalue weighted by atomic mass is 10.1. The van der Waals surface area contributed by atoms with Crippen LogP contribution in [-0.2, 0) is 7.05 Å². The van der Waals surface area contributed by atoms with E-state index in [-0.39, 0.29) is 12.5 Å². The van der Waals surface area contributed by atoms with Gasteiger partial charge >= 0.3 is 0 Å². The zero-order valence-corrected chi connectivity index (χ0v) is 15.7. The summed E-state index contributed by atoms with van der Waals surface area (Å²) in [6.07, 6.45) is 0. The Bertz CT molecular complexity index is 1030. The predicted molar refractivity (Wildman–Crippen MR) is 106 cm³/mol. The molecule has 0 fully saturated rings. The molecule has 0 saturated carbocycles. The molecule has 136 valence electrons. The van der Waals surface area contributed by atoms with Crippen LogP contribution in [0.2, 0.25) is 5.02 Å². The summed E-state index contributed by atoms with van der Waals surface area (Å²) in [6, 6.07) is 16.5. The molecular formula is C21H18ClN3O2. The summed E-state index contributed by atoms with van der Waals surface area (Å²) in [4.78, 5) is 12.4. The highest BCUT2D eigenvalue weighted by molar-refractivity contribution is 6.30. The number of ether oxygens (including phenoxy) is 1. The number of carbonyl (C=O) groups is 1. The van der Waals surface area contributed by atoms with E-state index in [2.05, 4.69) is 22.3 Å². The van der Waals surface area contributed by atoms with Gasteiger partial charge in [0.05, 0.1) is 19.3 Å². The van der Waals surface area contributed by atoms with Gasteiger partial charge in [-0.2, -0.15) is 5.10 Å². The molecule has 0 aliphatic rings. The quantitative estimate of drug-likeness (QED) is 0.705. The highest BCUT2D eigenvalue weighted by Gasteiger charge is 2.15. The number of para-hydroxylation sites is 1. The molecule has 0 saturated heterocycles. The second-order valence-electron chi connectivity index (χ2n) is 5.73. The van der Waals surface area contributed by atoms with E-state index in [0.717, 1.165) is 11.1 Å². The molecule has 0 spiro atoms. The Morgan fingerprint density at radius 1 is 1.22 bits per heavy atom. The lowest BCUT2D eigenvalue weighted by Crippen LogP contribution is -2.25. The standard InChI is InChI=1S/C21H18ClN3O2/c1-25-19(14-18(24-25)17-10-3-4-11-20(17)27-2)21(26)23-12-6-8-15-7-5-9-16(22)13-15/h3-5,7,9-11,13-14H,12H2,1-2H3,(H,23,26). The molecule has 0 atom stereocenters. The molecule has 0 aliphatic heterocycles. The molecule has 2 aromatic carbocycles. The van der Waals surface area contributed by atoms with E-state index in [9.17, 15) is 4.79 Å². The monoisotopic (exact) mass is 379 g/mol. The van der Waals surface area contributed by atoms with E-state index in [1.54, 1.807) is 37.0 Å². The van der Waals surface area contributed by atoms with Crippen molar-refractivity contribution in [2.24, 2.45) is 7.05 Å². The molecule has 3 aromatic rings. The van der Waals surface area contributed by atoms with Gasteiger partial charge in [0.1, 0.15) is 11.4 Å². The molecule has 6 heteroatoms. The van der Waals surface area contributed by atoms with Crippen LogP contribution in [0.3, 0.4) is 0 Å². The van der Waals surface area contributed by atoms with E-state index in [0.29, 0.717) is 22.2 Å². The summed E-state index contributed by atoms with van der Waals surface area (Å²) in [6.45, 7) is 0.223. The van der Waals surface area contributed by atoms with Crippen molar-refractivity contribution in [2.45, 2.75) is 0 Å². The van der Waals surface area contributed by atoms with Crippen LogP contribution in [0, 0.1) is 11.8 Å². The number of hydrogen-bond acceptors (Lipinski definition) is 3. The Morgan fingerprint density at radius 3 is 2.81 bits per heavy atom. The molecule has 1 aromatic heterocycles. The number of aromatic nitrogens is 2. The van der Waals surface area contributed by atoms with Crippen molar-refractivity contribution in [3.05, 3.63) is 70.9 Å². The van der Waals surface area contributed by atoms with E-state index < -0.39 is 0 Å². The van der Waals surface area contributed by atoms with Crippen molar-refractivity contribution >= 4 is 17.5 Å². The van der Waals surface area contributed by atoms with Crippen molar-refractivity contribution in [1.82, 2.24) is 15.1 Å². The molecule has 0 bridgehead atoms. The number of rotatable bonds is 4. The van der Waals surface area contributed by atoms with Crippen LogP contribution < -0.4 is 10.1 Å². The SMILES string of the molecule is COc1ccccc1-c1cc(C(=O)NCC#Cc2cccc(Cl)c2)n(C)n1. The Morgan fingerprint density at radius 2 is 2.04 bits per heavy atom. The highest BCUT2D eigenvalue weighted by atomic mass is 35.5. The molecule has 3 rings (SSSR count). The van der Waals surface area contributed by atoms with Crippen molar-refractivity contribution in [2.75, 3.05) is 13.7 Å². The van der Waals surface area contributed by atoms with Crippen molar-refractivity contribution in [3.63, 3.8) is 0 Å². The molecule has 0 unspecified atom stereocenters. The summed E-state index contributed by atoms with van der Waals surface area (Å²) in [7, 11) is 3.33. The topological polar surface area (TPSA) is 56.1 Å². The molecule has 0 aliphatic carbocycles. The molecule has 1 N–H and O–H groups in total. The van der Waals surface area contributed by atoms with Gasteiger partial charge in [0.15, 0.2) is 0 Å². The van der Waals surface area contributed by atoms with Crippen LogP contribution >= 0.6 is 11.6 Å². The van der Waals surface area contributed by atoms with E-state index in [4.69, 9.17) is 16.3 Å². The Kier molecular flexibility index (Phi) is 5.80. The number of aryl methyl sites for hydroxylation is 1. The molecule has 5 nitrogen and oxygen atoms in total. The number of methoxy groups -OCH3 is 1. The zero-order valence-electron chi connectivity index (χ0n) is 15.0. The van der Waals surface area contributed by atoms with E-state index in [1.165, 1.54) is 0 Å². The molecule has 27 heavy (non-hydrogen) atoms. The average Bonchev–Trinajstić information content (AvgIpc) is 3.06. The van der Waals surface area contributed by atoms with Gasteiger partial charge in [-0.1, -0.05) is 41.6 Å². The molecule has 1 amide bonds. The number of halogens is 1. The van der Waals surface area contributed by atoms with E-state index >= 15 is 0 Å². The van der Waals surface area contributed by atoms with E-state index in [1.807, 2.05) is 36.4 Å². The third-order valence-electron chi connectivity index (χ3n) is 3.89. The minimum absolute atomic E-state index is 0.223. The fourth-order valence-corrected chi connectivity index (χ4v) is 2.79. The first-order valence-electron chi connectivity index (χ1n) is 8.28. The van der Waals surface area contributed by atoms with Crippen LogP contribution in [0.25, 0.3) is 11.3 Å². The lowest BCUT2D eigenvalue weighted by Gasteiger charge is -2.04. The Hall–Kier alpha value is -3.23. The van der Waals surface area contributed by atoms with Gasteiger partial charge < -0.3 is 10.1 Å². The van der Waals surface area contributed by atoms with Gasteiger partial charge in [0, 0.05) is 23.2 Å². The first-order chi connectivity index (χ1) is 13.1. The summed E-state index contributed by atoms with van der Waals surface area (Å²) in [5.74, 6) is 6.34. The van der Waals surface area contributed by atoms with Gasteiger partial charge in [0.25, 0.3) is 5.91 Å². The van der Waals surface area contributed by atoms with Gasteiger partial charge in [-0.3, -0.25) is 9.48 Å². The first-order valence-corrected chi connectivity index (χ1v) is 8.66. The van der Waals surface area contributed by atoms with Crippen molar-refractivity contribution in [1.29, 1.82) is 0 Å². The third kappa shape index (κ3) is 4.49. The second-order valence-corrected chi connectivity index (χ2v) is 6.17. The number of carbonyl (C=O) groups excluding carboxylic acids is 1. The third-order valence-corrected chi connectivity index (χ3v) is 4.13. The highest BCUT2D eigenvalue weighted by Crippen LogP contribution is 2.28. The molecule has 1 heterocycles. The number of amides is 1. The van der Waals surface area contributed by atoms with Crippen LogP contribution in [0.1, 0.15) is 16.1 Å². The Labute approximate surface area is 162 Å². The molecular weight excluding hydrogens is 362 g/mol. The largest absolute Gasteiger partial charge is 0.496 e. The van der Waals surface area contributed by atoms with Crippen LogP contribution in [-0.4, -0.2) is 29.3 Å². The van der Waals surface area contributed by atoms with Crippen molar-refractivity contribution in [3.8, 4) is 28.8 Å². The summed E-state index contributed by atoms with van der Waals surface area (Å²) in [5, 5.41) is 7.83. The summed E-state index contributed by atoms with van der Waals surface area (Å²) < 4.78 is 6.90. The number of nitrogens with one attached hydrogen (secondary N) is 1. The van der Waals surface area contributed by atoms with Crippen LogP contribution in [0.4, 0.5) is 0 Å². The number of benzene rings is 2. The van der Waals surface area contributed by atoms with Gasteiger partial charge in [-0.25, -0.2) is 0 Å². The smallest absolute Gasteiger partial charge is 0.270 e. The number of hydrogen-bond donors (Lipinski definition) is 1. The van der Waals surface area contributed by atoms with Gasteiger partial charge in [-0.15, -0.1) is 0 Å². The van der Waals surface area contributed by atoms with Gasteiger partial charge in [0.2, 0.25) is 0 Å². The minimum atomic E-state index is -0.244. The average molecular weight is 380 g/mol. The summed E-state index contributed by atoms with van der Waals surface area (Å²) in [5.41, 5.74) is 2.75. The molecule has 0 radical (unpaired) electrons. The fraction of sp³-hybridized carbons (Fsp3) is 0.143. The maximum Gasteiger partial charge on any atom is 0.270 e. The number of nitrogens with zero attached hydrogens (tertiary/aromatic N) is 2. The fourth-order valence-electron chi connectivity index (χ4n) is 2.60. The van der Waals surface area contributed by atoms with Crippen molar-refractivity contribution < 1.29 is 9.53 Å². The zero-order chi connectivity index (χ0) is 19.2. The first kappa shape index (κ1) is 18.6. The van der Waals surface area contributed by atoms with Crippen LogP contribution in [0.5, 0.6) is 5.75 Å². The Balaban J connectivity index is 1.70. The maximum absolute atomic E-state index is 12.4. The second kappa shape index (κ2) is 8.43. The predicted octanol–water partition coefficient (Wildman–Crippen LogP) is 3.53. The van der Waals surface area contributed by atoms with Crippen LogP contribution in [0.15, 0.2) is 54.6 Å².